The fourth-order valence-electron chi connectivity index (χ4n) is 1.59. The van der Waals surface area contributed by atoms with Crippen molar-refractivity contribution in [3.8, 4) is 10.7 Å². The van der Waals surface area contributed by atoms with Crippen molar-refractivity contribution in [1.29, 1.82) is 0 Å². The molecule has 0 saturated heterocycles. The molecular formula is C13H6Cl2N4OS2. The van der Waals surface area contributed by atoms with Crippen LogP contribution < -0.4 is 0 Å². The summed E-state index contributed by atoms with van der Waals surface area (Å²) in [4.78, 5) is 20.4. The molecule has 0 N–H and O–H groups in total. The Bertz CT molecular complexity index is 806. The van der Waals surface area contributed by atoms with Crippen molar-refractivity contribution in [2.24, 2.45) is 0 Å². The molecule has 0 saturated carbocycles. The monoisotopic (exact) mass is 368 g/mol. The maximum Gasteiger partial charge on any atom is 0.229 e. The third kappa shape index (κ3) is 3.27. The number of aromatic nitrogens is 4. The van der Waals surface area contributed by atoms with Crippen LogP contribution in [0, 0.1) is 0 Å². The second kappa shape index (κ2) is 6.70. The van der Waals surface area contributed by atoms with Gasteiger partial charge in [0.1, 0.15) is 5.69 Å². The van der Waals surface area contributed by atoms with Crippen molar-refractivity contribution >= 4 is 51.4 Å². The van der Waals surface area contributed by atoms with Crippen LogP contribution >= 0.6 is 46.3 Å². The molecule has 0 aliphatic heterocycles. The Morgan fingerprint density at radius 2 is 1.91 bits per heavy atom. The average Bonchev–Trinajstić information content (AvgIpc) is 2.96. The van der Waals surface area contributed by atoms with E-state index in [2.05, 4.69) is 20.2 Å². The first-order valence-electron chi connectivity index (χ1n) is 5.91. The predicted octanol–water partition coefficient (Wildman–Crippen LogP) is 4.23. The Balaban J connectivity index is 1.82. The Labute approximate surface area is 143 Å². The van der Waals surface area contributed by atoms with E-state index in [1.54, 1.807) is 36.8 Å². The minimum atomic E-state index is -0.280. The Morgan fingerprint density at radius 3 is 2.59 bits per heavy atom. The molecule has 5 nitrogen and oxygen atoms in total. The molecule has 110 valence electrons. The third-order valence-electron chi connectivity index (χ3n) is 2.54. The second-order valence-corrected chi connectivity index (χ2v) is 6.96. The van der Waals surface area contributed by atoms with Crippen LogP contribution in [0.2, 0.25) is 10.0 Å². The molecule has 0 spiro atoms. The zero-order chi connectivity index (χ0) is 15.5. The van der Waals surface area contributed by atoms with Gasteiger partial charge in [-0.2, -0.15) is 0 Å². The number of hydrogen-bond donors (Lipinski definition) is 0. The van der Waals surface area contributed by atoms with Crippen LogP contribution in [-0.2, 0) is 0 Å². The zero-order valence-corrected chi connectivity index (χ0v) is 13.9. The zero-order valence-electron chi connectivity index (χ0n) is 10.7. The summed E-state index contributed by atoms with van der Waals surface area (Å²) in [6.45, 7) is 0. The molecule has 0 atom stereocenters. The number of halogens is 2. The fraction of sp³-hybridized carbons (Fsp3) is 0. The molecule has 2 aromatic heterocycles. The second-order valence-electron chi connectivity index (χ2n) is 3.95. The van der Waals surface area contributed by atoms with Crippen molar-refractivity contribution in [3.05, 3.63) is 52.4 Å². The molecule has 0 aliphatic carbocycles. The molecule has 3 aromatic rings. The highest BCUT2D eigenvalue weighted by molar-refractivity contribution is 8.15. The SMILES string of the molecule is O=C(Sc1nnc(-c2cnccn2)s1)c1c(Cl)cccc1Cl. The lowest BCUT2D eigenvalue weighted by Gasteiger charge is -2.03. The van der Waals surface area contributed by atoms with E-state index in [0.29, 0.717) is 25.1 Å². The number of carbonyl (C=O) groups excluding carboxylic acids is 1. The van der Waals surface area contributed by atoms with Crippen LogP contribution in [0.25, 0.3) is 10.7 Å². The van der Waals surface area contributed by atoms with Crippen LogP contribution in [-0.4, -0.2) is 25.3 Å². The highest BCUT2D eigenvalue weighted by atomic mass is 35.5. The van der Waals surface area contributed by atoms with Crippen LogP contribution in [0.3, 0.4) is 0 Å². The summed E-state index contributed by atoms with van der Waals surface area (Å²) in [7, 11) is 0. The lowest BCUT2D eigenvalue weighted by atomic mass is 10.2. The van der Waals surface area contributed by atoms with Crippen molar-refractivity contribution in [1.82, 2.24) is 20.2 Å². The van der Waals surface area contributed by atoms with Crippen molar-refractivity contribution in [2.75, 3.05) is 0 Å². The number of hydrogen-bond acceptors (Lipinski definition) is 7. The molecule has 0 amide bonds. The Morgan fingerprint density at radius 1 is 1.14 bits per heavy atom. The van der Waals surface area contributed by atoms with Gasteiger partial charge in [0, 0.05) is 12.4 Å². The van der Waals surface area contributed by atoms with Crippen LogP contribution in [0.5, 0.6) is 0 Å². The quantitative estimate of drug-likeness (QED) is 0.644. The Hall–Kier alpha value is -1.54. The lowest BCUT2D eigenvalue weighted by Crippen LogP contribution is -1.95. The smallest absolute Gasteiger partial charge is 0.229 e. The highest BCUT2D eigenvalue weighted by Gasteiger charge is 2.18. The van der Waals surface area contributed by atoms with Gasteiger partial charge in [-0.3, -0.25) is 14.8 Å². The van der Waals surface area contributed by atoms with E-state index >= 15 is 0 Å². The summed E-state index contributed by atoms with van der Waals surface area (Å²) < 4.78 is 0.488. The Kier molecular flexibility index (Phi) is 4.68. The van der Waals surface area contributed by atoms with Crippen LogP contribution in [0.4, 0.5) is 0 Å². The molecule has 22 heavy (non-hydrogen) atoms. The van der Waals surface area contributed by atoms with Gasteiger partial charge in [-0.15, -0.1) is 10.2 Å². The fourth-order valence-corrected chi connectivity index (χ4v) is 4.00. The summed E-state index contributed by atoms with van der Waals surface area (Å²) in [6.07, 6.45) is 4.73. The van der Waals surface area contributed by atoms with Gasteiger partial charge >= 0.3 is 0 Å². The first kappa shape index (κ1) is 15.4. The van der Waals surface area contributed by atoms with Gasteiger partial charge in [0.05, 0.1) is 21.8 Å². The molecule has 0 aliphatic rings. The summed E-state index contributed by atoms with van der Waals surface area (Å²) >= 11 is 14.2. The number of benzene rings is 1. The van der Waals surface area contributed by atoms with Gasteiger partial charge in [-0.25, -0.2) is 0 Å². The molecule has 0 radical (unpaired) electrons. The third-order valence-corrected chi connectivity index (χ3v) is 5.05. The van der Waals surface area contributed by atoms with E-state index in [1.807, 2.05) is 0 Å². The first-order chi connectivity index (χ1) is 10.6. The number of nitrogens with zero attached hydrogens (tertiary/aromatic N) is 4. The first-order valence-corrected chi connectivity index (χ1v) is 8.30. The van der Waals surface area contributed by atoms with E-state index in [-0.39, 0.29) is 10.7 Å². The number of thioether (sulfide) groups is 1. The van der Waals surface area contributed by atoms with Gasteiger partial charge in [-0.1, -0.05) is 40.6 Å². The van der Waals surface area contributed by atoms with Crippen molar-refractivity contribution in [3.63, 3.8) is 0 Å². The van der Waals surface area contributed by atoms with Crippen molar-refractivity contribution in [2.45, 2.75) is 4.34 Å². The van der Waals surface area contributed by atoms with Crippen molar-refractivity contribution < 1.29 is 4.79 Å². The number of carbonyl (C=O) groups is 1. The van der Waals surface area contributed by atoms with E-state index < -0.39 is 0 Å². The topological polar surface area (TPSA) is 68.6 Å². The predicted molar refractivity (Wildman–Crippen MR) is 87.6 cm³/mol. The summed E-state index contributed by atoms with van der Waals surface area (Å²) in [5.41, 5.74) is 0.877. The standard InChI is InChI=1S/C13H6Cl2N4OS2/c14-7-2-1-3-8(15)10(7)12(20)22-13-19-18-11(21-13)9-6-16-4-5-17-9/h1-6H. The summed E-state index contributed by atoms with van der Waals surface area (Å²) in [6, 6.07) is 4.92. The maximum absolute atomic E-state index is 12.3. The summed E-state index contributed by atoms with van der Waals surface area (Å²) in [5.74, 6) is 0. The molecule has 0 bridgehead atoms. The minimum Gasteiger partial charge on any atom is -0.281 e. The minimum absolute atomic E-state index is 0.270. The number of rotatable bonds is 3. The van der Waals surface area contributed by atoms with Gasteiger partial charge in [0.2, 0.25) is 5.12 Å². The normalized spacial score (nSPS) is 10.6. The molecule has 3 rings (SSSR count). The largest absolute Gasteiger partial charge is 0.281 e. The van der Waals surface area contributed by atoms with E-state index in [0.717, 1.165) is 11.8 Å². The highest BCUT2D eigenvalue weighted by Crippen LogP contribution is 2.34. The molecular weight excluding hydrogens is 363 g/mol. The molecule has 2 heterocycles. The van der Waals surface area contributed by atoms with Crippen LogP contribution in [0.1, 0.15) is 10.4 Å². The average molecular weight is 369 g/mol. The molecule has 0 unspecified atom stereocenters. The maximum atomic E-state index is 12.3. The van der Waals surface area contributed by atoms with Gasteiger partial charge in [-0.05, 0) is 23.9 Å². The van der Waals surface area contributed by atoms with Gasteiger partial charge in [0.25, 0.3) is 0 Å². The van der Waals surface area contributed by atoms with Gasteiger partial charge < -0.3 is 0 Å². The lowest BCUT2D eigenvalue weighted by molar-refractivity contribution is 0.108. The van der Waals surface area contributed by atoms with E-state index in [1.165, 1.54) is 11.3 Å². The molecule has 9 heteroatoms. The summed E-state index contributed by atoms with van der Waals surface area (Å²) in [5, 5.41) is 8.91. The van der Waals surface area contributed by atoms with E-state index in [9.17, 15) is 4.79 Å². The van der Waals surface area contributed by atoms with Crippen LogP contribution in [0.15, 0.2) is 41.1 Å². The van der Waals surface area contributed by atoms with Gasteiger partial charge in [0.15, 0.2) is 9.35 Å². The molecule has 1 aromatic carbocycles. The molecule has 0 fully saturated rings. The van der Waals surface area contributed by atoms with E-state index in [4.69, 9.17) is 23.2 Å².